The highest BCUT2D eigenvalue weighted by atomic mass is 35.5. The van der Waals surface area contributed by atoms with Crippen LogP contribution in [0, 0.1) is 6.92 Å². The topological polar surface area (TPSA) is 95.2 Å². The van der Waals surface area contributed by atoms with E-state index in [1.807, 2.05) is 6.92 Å². The molecule has 2 aromatic rings. The van der Waals surface area contributed by atoms with Crippen LogP contribution in [0.2, 0.25) is 5.15 Å². The van der Waals surface area contributed by atoms with Gasteiger partial charge in [0.25, 0.3) is 0 Å². The number of nitrogens with zero attached hydrogens (tertiary/aromatic N) is 2. The lowest BCUT2D eigenvalue weighted by molar-refractivity contribution is 0.476. The Labute approximate surface area is 115 Å². The number of halogens is 1. The van der Waals surface area contributed by atoms with Gasteiger partial charge < -0.3 is 9.92 Å². The largest absolute Gasteiger partial charge is 0.368 e. The van der Waals surface area contributed by atoms with E-state index in [4.69, 9.17) is 21.5 Å². The molecule has 0 saturated carbocycles. The van der Waals surface area contributed by atoms with Gasteiger partial charge in [0.05, 0.1) is 0 Å². The van der Waals surface area contributed by atoms with Crippen molar-refractivity contribution >= 4 is 27.7 Å². The van der Waals surface area contributed by atoms with Crippen LogP contribution in [0.3, 0.4) is 0 Å². The quantitative estimate of drug-likeness (QED) is 0.686. The molecule has 0 amide bonds. The maximum Gasteiger partial charge on any atom is 0.340 e. The highest BCUT2D eigenvalue weighted by Crippen LogP contribution is 2.20. The van der Waals surface area contributed by atoms with E-state index in [2.05, 4.69) is 9.97 Å². The Hall–Kier alpha value is -1.86. The van der Waals surface area contributed by atoms with Crippen LogP contribution < -0.4 is 9.92 Å². The summed E-state index contributed by atoms with van der Waals surface area (Å²) in [6, 6.07) is 7.38. The number of hydrogen-bond acceptors (Lipinski definition) is 6. The van der Waals surface area contributed by atoms with Crippen LogP contribution in [0.4, 0.5) is 5.95 Å². The summed E-state index contributed by atoms with van der Waals surface area (Å²) >= 11 is 5.64. The smallest absolute Gasteiger partial charge is 0.340 e. The number of aromatic nitrogens is 2. The minimum Gasteiger partial charge on any atom is -0.368 e. The van der Waals surface area contributed by atoms with Gasteiger partial charge in [0.2, 0.25) is 11.8 Å². The van der Waals surface area contributed by atoms with Gasteiger partial charge in [-0.3, -0.25) is 0 Å². The maximum atomic E-state index is 12.0. The van der Waals surface area contributed by atoms with Crippen LogP contribution in [-0.2, 0) is 10.1 Å². The normalized spacial score (nSPS) is 11.3. The van der Waals surface area contributed by atoms with E-state index in [1.165, 1.54) is 18.2 Å². The molecule has 8 heteroatoms. The molecule has 0 unspecified atom stereocenters. The van der Waals surface area contributed by atoms with E-state index in [0.717, 1.165) is 5.56 Å². The fourth-order valence-electron chi connectivity index (χ4n) is 1.32. The van der Waals surface area contributed by atoms with Crippen molar-refractivity contribution in [1.82, 2.24) is 9.97 Å². The zero-order chi connectivity index (χ0) is 14.0. The minimum atomic E-state index is -3.97. The molecule has 0 spiro atoms. The van der Waals surface area contributed by atoms with E-state index >= 15 is 0 Å². The second-order valence-corrected chi connectivity index (χ2v) is 5.67. The lowest BCUT2D eigenvalue weighted by Crippen LogP contribution is -2.11. The van der Waals surface area contributed by atoms with Crippen molar-refractivity contribution in [3.63, 3.8) is 0 Å². The minimum absolute atomic E-state index is 0.00149. The van der Waals surface area contributed by atoms with Crippen molar-refractivity contribution in [3.05, 3.63) is 41.0 Å². The van der Waals surface area contributed by atoms with Crippen LogP contribution in [0.15, 0.2) is 35.2 Å². The van der Waals surface area contributed by atoms with E-state index < -0.39 is 10.1 Å². The second-order valence-electron chi connectivity index (χ2n) is 3.74. The Morgan fingerprint density at radius 3 is 2.42 bits per heavy atom. The van der Waals surface area contributed by atoms with Crippen LogP contribution >= 0.6 is 11.6 Å². The van der Waals surface area contributed by atoms with Gasteiger partial charge in [-0.05, 0) is 19.1 Å². The van der Waals surface area contributed by atoms with Crippen molar-refractivity contribution < 1.29 is 12.6 Å². The Kier molecular flexibility index (Phi) is 3.59. The standard InChI is InChI=1S/C11H10ClN3O3S/c1-7-2-4-8(5-3-7)19(16,17)18-10-6-9(12)14-11(13)15-10/h2-6H,1H3,(H2,13,14,15). The van der Waals surface area contributed by atoms with Crippen molar-refractivity contribution in [2.24, 2.45) is 0 Å². The number of hydrogen-bond donors (Lipinski definition) is 1. The molecule has 1 aromatic heterocycles. The SMILES string of the molecule is Cc1ccc(S(=O)(=O)Oc2cc(Cl)nc(N)n2)cc1. The number of benzene rings is 1. The zero-order valence-electron chi connectivity index (χ0n) is 9.87. The molecule has 0 radical (unpaired) electrons. The summed E-state index contributed by atoms with van der Waals surface area (Å²) in [6.07, 6.45) is 0. The molecule has 2 N–H and O–H groups in total. The van der Waals surface area contributed by atoms with Gasteiger partial charge in [0, 0.05) is 6.07 Å². The molecule has 0 aliphatic rings. The Morgan fingerprint density at radius 1 is 1.21 bits per heavy atom. The average molecular weight is 300 g/mol. The number of aryl methyl sites for hydroxylation is 1. The molecule has 0 atom stereocenters. The fraction of sp³-hybridized carbons (Fsp3) is 0.0909. The predicted octanol–water partition coefficient (Wildman–Crippen LogP) is 1.79. The summed E-state index contributed by atoms with van der Waals surface area (Å²) in [7, 11) is -3.97. The van der Waals surface area contributed by atoms with Gasteiger partial charge in [-0.1, -0.05) is 29.3 Å². The first-order valence-corrected chi connectivity index (χ1v) is 6.97. The number of nitrogens with two attached hydrogens (primary N) is 1. The number of rotatable bonds is 3. The molecule has 1 heterocycles. The van der Waals surface area contributed by atoms with Gasteiger partial charge in [0.15, 0.2) is 0 Å². The molecule has 1 aromatic carbocycles. The first kappa shape index (κ1) is 13.6. The first-order chi connectivity index (χ1) is 8.87. The molecule has 0 bridgehead atoms. The molecular weight excluding hydrogens is 290 g/mol. The third kappa shape index (κ3) is 3.33. The summed E-state index contributed by atoms with van der Waals surface area (Å²) in [5.74, 6) is -0.389. The van der Waals surface area contributed by atoms with Crippen molar-refractivity contribution in [3.8, 4) is 5.88 Å². The van der Waals surface area contributed by atoms with Gasteiger partial charge in [-0.2, -0.15) is 13.4 Å². The Morgan fingerprint density at radius 2 is 1.84 bits per heavy atom. The summed E-state index contributed by atoms with van der Waals surface area (Å²) in [5, 5.41) is 0.00149. The summed E-state index contributed by atoms with van der Waals surface area (Å²) in [6.45, 7) is 1.85. The van der Waals surface area contributed by atoms with Crippen molar-refractivity contribution in [2.45, 2.75) is 11.8 Å². The molecule has 6 nitrogen and oxygen atoms in total. The second kappa shape index (κ2) is 5.02. The molecule has 100 valence electrons. The van der Waals surface area contributed by atoms with E-state index in [1.54, 1.807) is 12.1 Å². The first-order valence-electron chi connectivity index (χ1n) is 5.18. The highest BCUT2D eigenvalue weighted by Gasteiger charge is 2.18. The number of nitrogen functional groups attached to an aromatic ring is 1. The summed E-state index contributed by atoms with van der Waals surface area (Å²) in [4.78, 5) is 7.27. The molecule has 0 saturated heterocycles. The van der Waals surface area contributed by atoms with Crippen molar-refractivity contribution in [2.75, 3.05) is 5.73 Å². The zero-order valence-corrected chi connectivity index (χ0v) is 11.4. The highest BCUT2D eigenvalue weighted by molar-refractivity contribution is 7.87. The van der Waals surface area contributed by atoms with Gasteiger partial charge in [-0.25, -0.2) is 4.98 Å². The van der Waals surface area contributed by atoms with E-state index in [0.29, 0.717) is 0 Å². The van der Waals surface area contributed by atoms with Gasteiger partial charge in [-0.15, -0.1) is 0 Å². The van der Waals surface area contributed by atoms with E-state index in [9.17, 15) is 8.42 Å². The molecule has 0 aliphatic carbocycles. The fourth-order valence-corrected chi connectivity index (χ4v) is 2.38. The number of anilines is 1. The molecular formula is C11H10ClN3O3S. The van der Waals surface area contributed by atoms with E-state index in [-0.39, 0.29) is 21.9 Å². The Balaban J connectivity index is 2.33. The van der Waals surface area contributed by atoms with Crippen molar-refractivity contribution in [1.29, 1.82) is 0 Å². The lowest BCUT2D eigenvalue weighted by atomic mass is 10.2. The average Bonchev–Trinajstić information content (AvgIpc) is 2.27. The van der Waals surface area contributed by atoms with Crippen LogP contribution in [0.25, 0.3) is 0 Å². The predicted molar refractivity (Wildman–Crippen MR) is 70.4 cm³/mol. The molecule has 0 aliphatic heterocycles. The van der Waals surface area contributed by atoms with Crippen LogP contribution in [-0.4, -0.2) is 18.4 Å². The molecule has 19 heavy (non-hydrogen) atoms. The van der Waals surface area contributed by atoms with Gasteiger partial charge >= 0.3 is 10.1 Å². The van der Waals surface area contributed by atoms with Crippen LogP contribution in [0.1, 0.15) is 5.56 Å². The monoisotopic (exact) mass is 299 g/mol. The maximum absolute atomic E-state index is 12.0. The van der Waals surface area contributed by atoms with Gasteiger partial charge in [0.1, 0.15) is 10.0 Å². The molecule has 0 fully saturated rings. The Bertz CT molecular complexity index is 681. The third-order valence-corrected chi connectivity index (χ3v) is 3.63. The van der Waals surface area contributed by atoms with Crippen LogP contribution in [0.5, 0.6) is 5.88 Å². The molecule has 2 rings (SSSR count). The summed E-state index contributed by atoms with van der Waals surface area (Å²) in [5.41, 5.74) is 6.29. The third-order valence-electron chi connectivity index (χ3n) is 2.19. The lowest BCUT2D eigenvalue weighted by Gasteiger charge is -2.06. The summed E-state index contributed by atoms with van der Waals surface area (Å²) < 4.78 is 28.8.